The van der Waals surface area contributed by atoms with E-state index in [9.17, 15) is 0 Å². The fourth-order valence-corrected chi connectivity index (χ4v) is 2.40. The molecule has 0 amide bonds. The number of halogens is 1. The first kappa shape index (κ1) is 15.2. The first-order valence-corrected chi connectivity index (χ1v) is 7.47. The lowest BCUT2D eigenvalue weighted by Crippen LogP contribution is -2.20. The molecule has 0 radical (unpaired) electrons. The second-order valence-corrected chi connectivity index (χ2v) is 5.69. The molecule has 0 aliphatic heterocycles. The average molecular weight is 338 g/mol. The maximum Gasteiger partial charge on any atom is 0.133 e. The van der Waals surface area contributed by atoms with Crippen molar-refractivity contribution in [2.75, 3.05) is 45.7 Å². The second-order valence-electron chi connectivity index (χ2n) is 4.84. The van der Waals surface area contributed by atoms with Gasteiger partial charge in [-0.05, 0) is 26.2 Å². The van der Waals surface area contributed by atoms with Crippen LogP contribution in [0, 0.1) is 0 Å². The lowest BCUT2D eigenvalue weighted by atomic mass is 10.1. The van der Waals surface area contributed by atoms with E-state index in [1.165, 1.54) is 5.39 Å². The van der Waals surface area contributed by atoms with Gasteiger partial charge in [0, 0.05) is 34.5 Å². The molecule has 2 rings (SSSR count). The summed E-state index contributed by atoms with van der Waals surface area (Å²) in [5.41, 5.74) is 0. The number of benzene rings is 1. The van der Waals surface area contributed by atoms with Crippen LogP contribution < -0.4 is 5.32 Å². The van der Waals surface area contributed by atoms with Crippen LogP contribution in [0.15, 0.2) is 34.9 Å². The lowest BCUT2D eigenvalue weighted by Gasteiger charge is -2.11. The van der Waals surface area contributed by atoms with E-state index in [2.05, 4.69) is 37.2 Å². The Morgan fingerprint density at radius 2 is 2.05 bits per heavy atom. The number of hydrogen-bond acceptors (Lipinski definition) is 4. The van der Waals surface area contributed by atoms with E-state index in [1.807, 2.05) is 38.5 Å². The largest absolute Gasteiger partial charge is 0.378 e. The Balaban J connectivity index is 1.89. The topological polar surface area (TPSA) is 37.4 Å². The van der Waals surface area contributed by atoms with Gasteiger partial charge in [0.25, 0.3) is 0 Å². The van der Waals surface area contributed by atoms with Crippen molar-refractivity contribution in [2.24, 2.45) is 0 Å². The Bertz CT molecular complexity index is 560. The summed E-state index contributed by atoms with van der Waals surface area (Å²) >= 11 is 3.56. The highest BCUT2D eigenvalue weighted by atomic mass is 79.9. The molecular formula is C15H20BrN3O. The molecule has 2 aromatic rings. The van der Waals surface area contributed by atoms with Gasteiger partial charge in [0.2, 0.25) is 0 Å². The van der Waals surface area contributed by atoms with E-state index >= 15 is 0 Å². The molecule has 1 aromatic carbocycles. The Morgan fingerprint density at radius 1 is 1.20 bits per heavy atom. The van der Waals surface area contributed by atoms with Crippen molar-refractivity contribution in [3.05, 3.63) is 34.9 Å². The van der Waals surface area contributed by atoms with Crippen molar-refractivity contribution in [1.29, 1.82) is 0 Å². The molecule has 0 unspecified atom stereocenters. The van der Waals surface area contributed by atoms with Crippen LogP contribution in [0.25, 0.3) is 10.8 Å². The van der Waals surface area contributed by atoms with Gasteiger partial charge in [0.1, 0.15) is 5.82 Å². The Labute approximate surface area is 128 Å². The second kappa shape index (κ2) is 7.57. The molecule has 108 valence electrons. The summed E-state index contributed by atoms with van der Waals surface area (Å²) in [5, 5.41) is 5.62. The van der Waals surface area contributed by atoms with Gasteiger partial charge in [-0.25, -0.2) is 4.98 Å². The lowest BCUT2D eigenvalue weighted by molar-refractivity contribution is 0.126. The van der Waals surface area contributed by atoms with E-state index in [0.717, 1.165) is 35.4 Å². The fourth-order valence-electron chi connectivity index (χ4n) is 1.90. The summed E-state index contributed by atoms with van der Waals surface area (Å²) in [6.45, 7) is 3.13. The first-order chi connectivity index (χ1) is 9.68. The van der Waals surface area contributed by atoms with E-state index < -0.39 is 0 Å². The number of ether oxygens (including phenoxy) is 1. The number of hydrogen-bond donors (Lipinski definition) is 1. The van der Waals surface area contributed by atoms with Gasteiger partial charge in [-0.1, -0.05) is 28.1 Å². The molecule has 1 N–H and O–H groups in total. The minimum atomic E-state index is 0.680. The van der Waals surface area contributed by atoms with Crippen molar-refractivity contribution in [2.45, 2.75) is 0 Å². The van der Waals surface area contributed by atoms with Gasteiger partial charge in [-0.15, -0.1) is 0 Å². The number of rotatable bonds is 7. The van der Waals surface area contributed by atoms with Crippen LogP contribution in [-0.4, -0.2) is 50.3 Å². The Hall–Kier alpha value is -1.17. The number of nitrogens with zero attached hydrogens (tertiary/aromatic N) is 2. The third-order valence-corrected chi connectivity index (χ3v) is 3.67. The molecule has 0 saturated heterocycles. The highest BCUT2D eigenvalue weighted by Gasteiger charge is 2.03. The molecule has 20 heavy (non-hydrogen) atoms. The monoisotopic (exact) mass is 337 g/mol. The predicted molar refractivity (Wildman–Crippen MR) is 87.3 cm³/mol. The minimum Gasteiger partial charge on any atom is -0.378 e. The van der Waals surface area contributed by atoms with Crippen LogP contribution in [0.4, 0.5) is 5.82 Å². The van der Waals surface area contributed by atoms with E-state index in [1.54, 1.807) is 0 Å². The van der Waals surface area contributed by atoms with Crippen LogP contribution >= 0.6 is 15.9 Å². The van der Waals surface area contributed by atoms with Gasteiger partial charge in [0.05, 0.1) is 13.2 Å². The molecule has 0 fully saturated rings. The standard InChI is InChI=1S/C15H20BrN3O/c1-19(2)9-11-20-10-8-18-15-13-4-3-5-14(16)12(13)6-7-17-15/h3-7H,8-11H2,1-2H3,(H,17,18). The van der Waals surface area contributed by atoms with Crippen LogP contribution in [0.5, 0.6) is 0 Å². The molecule has 1 aromatic heterocycles. The van der Waals surface area contributed by atoms with Gasteiger partial charge in [0.15, 0.2) is 0 Å². The van der Waals surface area contributed by atoms with Crippen LogP contribution in [0.1, 0.15) is 0 Å². The zero-order chi connectivity index (χ0) is 14.4. The van der Waals surface area contributed by atoms with Crippen molar-refractivity contribution in [3.63, 3.8) is 0 Å². The molecule has 0 bridgehead atoms. The summed E-state index contributed by atoms with van der Waals surface area (Å²) in [6.07, 6.45) is 1.82. The zero-order valence-corrected chi connectivity index (χ0v) is 13.5. The van der Waals surface area contributed by atoms with E-state index in [0.29, 0.717) is 6.61 Å². The maximum absolute atomic E-state index is 5.56. The van der Waals surface area contributed by atoms with E-state index in [-0.39, 0.29) is 0 Å². The number of aromatic nitrogens is 1. The molecule has 0 aliphatic carbocycles. The number of nitrogens with one attached hydrogen (secondary N) is 1. The number of pyridine rings is 1. The van der Waals surface area contributed by atoms with Crippen LogP contribution in [0.3, 0.4) is 0 Å². The van der Waals surface area contributed by atoms with E-state index in [4.69, 9.17) is 4.74 Å². The summed E-state index contributed by atoms with van der Waals surface area (Å²) < 4.78 is 6.65. The number of likely N-dealkylation sites (N-methyl/N-ethyl adjacent to an activating group) is 1. The van der Waals surface area contributed by atoms with Gasteiger partial charge < -0.3 is 15.0 Å². The summed E-state index contributed by atoms with van der Waals surface area (Å²) in [6, 6.07) is 8.14. The minimum absolute atomic E-state index is 0.680. The van der Waals surface area contributed by atoms with Crippen molar-refractivity contribution >= 4 is 32.5 Å². The molecule has 4 nitrogen and oxygen atoms in total. The summed E-state index contributed by atoms with van der Waals surface area (Å²) in [4.78, 5) is 6.51. The maximum atomic E-state index is 5.56. The first-order valence-electron chi connectivity index (χ1n) is 6.68. The quantitative estimate of drug-likeness (QED) is 0.788. The Kier molecular flexibility index (Phi) is 5.76. The molecule has 0 aliphatic rings. The van der Waals surface area contributed by atoms with Gasteiger partial charge >= 0.3 is 0 Å². The molecule has 1 heterocycles. The van der Waals surface area contributed by atoms with Gasteiger partial charge in [-0.3, -0.25) is 0 Å². The summed E-state index contributed by atoms with van der Waals surface area (Å²) in [7, 11) is 4.08. The molecule has 0 spiro atoms. The predicted octanol–water partition coefficient (Wildman–Crippen LogP) is 2.99. The molecule has 0 atom stereocenters. The van der Waals surface area contributed by atoms with Crippen molar-refractivity contribution in [3.8, 4) is 0 Å². The normalized spacial score (nSPS) is 11.2. The van der Waals surface area contributed by atoms with Crippen molar-refractivity contribution in [1.82, 2.24) is 9.88 Å². The highest BCUT2D eigenvalue weighted by molar-refractivity contribution is 9.10. The third kappa shape index (κ3) is 4.16. The molecule has 0 saturated carbocycles. The fraction of sp³-hybridized carbons (Fsp3) is 0.400. The number of anilines is 1. The van der Waals surface area contributed by atoms with Crippen LogP contribution in [0.2, 0.25) is 0 Å². The zero-order valence-electron chi connectivity index (χ0n) is 11.9. The molecule has 5 heteroatoms. The Morgan fingerprint density at radius 3 is 2.85 bits per heavy atom. The molecular weight excluding hydrogens is 318 g/mol. The number of fused-ring (bicyclic) bond motifs is 1. The summed E-state index contributed by atoms with van der Waals surface area (Å²) in [5.74, 6) is 0.903. The highest BCUT2D eigenvalue weighted by Crippen LogP contribution is 2.27. The SMILES string of the molecule is CN(C)CCOCCNc1nccc2c(Br)cccc12. The smallest absolute Gasteiger partial charge is 0.133 e. The average Bonchev–Trinajstić information content (AvgIpc) is 2.43. The van der Waals surface area contributed by atoms with Gasteiger partial charge in [-0.2, -0.15) is 0 Å². The van der Waals surface area contributed by atoms with Crippen molar-refractivity contribution < 1.29 is 4.74 Å². The third-order valence-electron chi connectivity index (χ3n) is 2.97. The van der Waals surface area contributed by atoms with Crippen LogP contribution in [-0.2, 0) is 4.74 Å².